The molecule has 2 aromatic carbocycles. The number of benzene rings is 2. The number of anilines is 2. The molecule has 0 aromatic heterocycles. The Balaban J connectivity index is 1.75. The third-order valence-corrected chi connectivity index (χ3v) is 5.18. The highest BCUT2D eigenvalue weighted by Crippen LogP contribution is 2.35. The van der Waals surface area contributed by atoms with E-state index >= 15 is 0 Å². The molecule has 0 bridgehead atoms. The molecule has 0 N–H and O–H groups in total. The average Bonchev–Trinajstić information content (AvgIpc) is 2.71. The number of fused-ring (bicyclic) bond motifs is 1. The second-order valence-electron chi connectivity index (χ2n) is 6.82. The number of hydrogen-bond acceptors (Lipinski definition) is 4. The molecular weight excluding hydrogens is 340 g/mol. The van der Waals surface area contributed by atoms with Crippen molar-refractivity contribution >= 4 is 17.3 Å². The van der Waals surface area contributed by atoms with E-state index in [9.17, 15) is 4.79 Å². The molecule has 1 unspecified atom stereocenters. The van der Waals surface area contributed by atoms with E-state index in [2.05, 4.69) is 24.8 Å². The molecule has 1 aliphatic heterocycles. The highest BCUT2D eigenvalue weighted by molar-refractivity contribution is 5.98. The fraction of sp³-hybridized carbons (Fsp3) is 0.409. The third-order valence-electron chi connectivity index (χ3n) is 5.18. The Hall–Kier alpha value is -2.69. The Labute approximate surface area is 161 Å². The summed E-state index contributed by atoms with van der Waals surface area (Å²) in [5.41, 5.74) is 3.21. The van der Waals surface area contributed by atoms with Crippen LogP contribution < -0.4 is 19.3 Å². The Morgan fingerprint density at radius 2 is 1.78 bits per heavy atom. The number of methoxy groups -OCH3 is 2. The predicted molar refractivity (Wildman–Crippen MR) is 109 cm³/mol. The van der Waals surface area contributed by atoms with Crippen LogP contribution in [0.3, 0.4) is 0 Å². The lowest BCUT2D eigenvalue weighted by Crippen LogP contribution is -2.49. The fourth-order valence-electron chi connectivity index (χ4n) is 3.77. The monoisotopic (exact) mass is 368 g/mol. The minimum Gasteiger partial charge on any atom is -0.493 e. The number of carbonyl (C=O) groups excluding carboxylic acids is 1. The van der Waals surface area contributed by atoms with Crippen molar-refractivity contribution in [1.29, 1.82) is 0 Å². The van der Waals surface area contributed by atoms with E-state index in [1.807, 2.05) is 41.3 Å². The lowest BCUT2D eigenvalue weighted by Gasteiger charge is -2.42. The van der Waals surface area contributed by atoms with E-state index in [4.69, 9.17) is 9.47 Å². The maximum atomic E-state index is 13.0. The van der Waals surface area contributed by atoms with Gasteiger partial charge in [-0.25, -0.2) is 0 Å². The van der Waals surface area contributed by atoms with Crippen molar-refractivity contribution in [2.24, 2.45) is 0 Å². The molecule has 0 aliphatic carbocycles. The summed E-state index contributed by atoms with van der Waals surface area (Å²) in [6.45, 7) is 5.98. The van der Waals surface area contributed by atoms with Gasteiger partial charge in [0.1, 0.15) is 0 Å². The molecule has 0 saturated heterocycles. The van der Waals surface area contributed by atoms with Crippen LogP contribution in [-0.4, -0.2) is 39.3 Å². The minimum absolute atomic E-state index is 0.153. The van der Waals surface area contributed by atoms with Gasteiger partial charge in [-0.15, -0.1) is 0 Å². The van der Waals surface area contributed by atoms with Crippen molar-refractivity contribution in [1.82, 2.24) is 0 Å². The zero-order valence-corrected chi connectivity index (χ0v) is 16.6. The van der Waals surface area contributed by atoms with Gasteiger partial charge in [-0.1, -0.05) is 18.2 Å². The molecule has 3 rings (SSSR count). The van der Waals surface area contributed by atoms with Crippen LogP contribution in [0, 0.1) is 0 Å². The van der Waals surface area contributed by atoms with Crippen LogP contribution >= 0.6 is 0 Å². The summed E-state index contributed by atoms with van der Waals surface area (Å²) < 4.78 is 10.6. The van der Waals surface area contributed by atoms with Crippen LogP contribution in [0.15, 0.2) is 42.5 Å². The van der Waals surface area contributed by atoms with Gasteiger partial charge in [-0.2, -0.15) is 0 Å². The standard InChI is InChI=1S/C22H28N2O3/c1-5-23-16(2)15-24(19-9-7-6-8-18(19)23)22(25)13-11-17-10-12-20(26-3)21(14-17)27-4/h6-10,12,14,16H,5,11,13,15H2,1-4H3. The Morgan fingerprint density at radius 1 is 1.07 bits per heavy atom. The molecule has 5 nitrogen and oxygen atoms in total. The summed E-state index contributed by atoms with van der Waals surface area (Å²) in [7, 11) is 3.24. The molecule has 2 aromatic rings. The number of nitrogens with zero attached hydrogens (tertiary/aromatic N) is 2. The molecule has 0 spiro atoms. The lowest BCUT2D eigenvalue weighted by atomic mass is 10.0. The molecule has 144 valence electrons. The second-order valence-corrected chi connectivity index (χ2v) is 6.82. The molecule has 0 fully saturated rings. The van der Waals surface area contributed by atoms with Gasteiger partial charge in [-0.05, 0) is 50.1 Å². The van der Waals surface area contributed by atoms with E-state index in [-0.39, 0.29) is 5.91 Å². The number of carbonyl (C=O) groups is 1. The quantitative estimate of drug-likeness (QED) is 0.776. The smallest absolute Gasteiger partial charge is 0.227 e. The van der Waals surface area contributed by atoms with Crippen molar-refractivity contribution in [3.63, 3.8) is 0 Å². The molecule has 1 heterocycles. The highest BCUT2D eigenvalue weighted by atomic mass is 16.5. The molecule has 27 heavy (non-hydrogen) atoms. The second kappa shape index (κ2) is 8.33. The SMILES string of the molecule is CCN1c2ccccc2N(C(=O)CCc2ccc(OC)c(OC)c2)CC1C. The largest absolute Gasteiger partial charge is 0.493 e. The summed E-state index contributed by atoms with van der Waals surface area (Å²) >= 11 is 0. The van der Waals surface area contributed by atoms with Crippen LogP contribution in [-0.2, 0) is 11.2 Å². The van der Waals surface area contributed by atoms with Crippen LogP contribution in [0.4, 0.5) is 11.4 Å². The van der Waals surface area contributed by atoms with Gasteiger partial charge in [0.15, 0.2) is 11.5 Å². The topological polar surface area (TPSA) is 42.0 Å². The van der Waals surface area contributed by atoms with Crippen LogP contribution in [0.5, 0.6) is 11.5 Å². The number of rotatable bonds is 6. The number of likely N-dealkylation sites (N-methyl/N-ethyl adjacent to an activating group) is 1. The van der Waals surface area contributed by atoms with Gasteiger partial charge in [0, 0.05) is 25.6 Å². The number of hydrogen-bond donors (Lipinski definition) is 0. The zero-order chi connectivity index (χ0) is 19.4. The van der Waals surface area contributed by atoms with E-state index in [1.165, 1.54) is 0 Å². The first kappa shape index (κ1) is 19.1. The summed E-state index contributed by atoms with van der Waals surface area (Å²) in [4.78, 5) is 17.3. The maximum Gasteiger partial charge on any atom is 0.227 e. The van der Waals surface area contributed by atoms with Crippen LogP contribution in [0.2, 0.25) is 0 Å². The predicted octanol–water partition coefficient (Wildman–Crippen LogP) is 3.90. The van der Waals surface area contributed by atoms with E-state index < -0.39 is 0 Å². The minimum atomic E-state index is 0.153. The molecule has 1 atom stereocenters. The molecule has 0 saturated carbocycles. The van der Waals surface area contributed by atoms with Crippen molar-refractivity contribution < 1.29 is 14.3 Å². The molecule has 5 heteroatoms. The highest BCUT2D eigenvalue weighted by Gasteiger charge is 2.30. The van der Waals surface area contributed by atoms with Gasteiger partial charge in [0.2, 0.25) is 5.91 Å². The molecule has 1 amide bonds. The first-order valence-corrected chi connectivity index (χ1v) is 9.46. The van der Waals surface area contributed by atoms with E-state index in [0.717, 1.165) is 30.0 Å². The Bertz CT molecular complexity index is 806. The zero-order valence-electron chi connectivity index (χ0n) is 16.6. The van der Waals surface area contributed by atoms with E-state index in [1.54, 1.807) is 14.2 Å². The van der Waals surface area contributed by atoms with Gasteiger partial charge < -0.3 is 19.3 Å². The number of aryl methyl sites for hydroxylation is 1. The lowest BCUT2D eigenvalue weighted by molar-refractivity contribution is -0.118. The summed E-state index contributed by atoms with van der Waals surface area (Å²) in [5, 5.41) is 0. The summed E-state index contributed by atoms with van der Waals surface area (Å²) in [5.74, 6) is 1.55. The van der Waals surface area contributed by atoms with Crippen molar-refractivity contribution in [3.05, 3.63) is 48.0 Å². The summed E-state index contributed by atoms with van der Waals surface area (Å²) in [6, 6.07) is 14.3. The third kappa shape index (κ3) is 3.87. The molecular formula is C22H28N2O3. The normalized spacial score (nSPS) is 16.1. The molecule has 0 radical (unpaired) electrons. The van der Waals surface area contributed by atoms with Gasteiger partial charge in [0.25, 0.3) is 0 Å². The van der Waals surface area contributed by atoms with Crippen molar-refractivity contribution in [2.75, 3.05) is 37.1 Å². The van der Waals surface area contributed by atoms with Gasteiger partial charge >= 0.3 is 0 Å². The van der Waals surface area contributed by atoms with Crippen LogP contribution in [0.25, 0.3) is 0 Å². The van der Waals surface area contributed by atoms with Crippen molar-refractivity contribution in [3.8, 4) is 11.5 Å². The fourth-order valence-corrected chi connectivity index (χ4v) is 3.77. The maximum absolute atomic E-state index is 13.0. The first-order chi connectivity index (χ1) is 13.1. The van der Waals surface area contributed by atoms with Crippen LogP contribution in [0.1, 0.15) is 25.8 Å². The first-order valence-electron chi connectivity index (χ1n) is 9.46. The number of ether oxygens (including phenoxy) is 2. The number of amides is 1. The average molecular weight is 368 g/mol. The summed E-state index contributed by atoms with van der Waals surface area (Å²) in [6.07, 6.45) is 1.13. The van der Waals surface area contributed by atoms with Gasteiger partial charge in [-0.3, -0.25) is 4.79 Å². The van der Waals surface area contributed by atoms with E-state index in [0.29, 0.717) is 30.4 Å². The Morgan fingerprint density at radius 3 is 2.44 bits per heavy atom. The Kier molecular flexibility index (Phi) is 5.89. The molecule has 1 aliphatic rings. The van der Waals surface area contributed by atoms with Gasteiger partial charge in [0.05, 0.1) is 25.6 Å². The van der Waals surface area contributed by atoms with Crippen molar-refractivity contribution in [2.45, 2.75) is 32.7 Å². The number of para-hydroxylation sites is 2.